The summed E-state index contributed by atoms with van der Waals surface area (Å²) in [5.41, 5.74) is 0.684. The fraction of sp³-hybridized carbons (Fsp3) is 0.333. The lowest BCUT2D eigenvalue weighted by Gasteiger charge is -2.34. The van der Waals surface area contributed by atoms with Crippen molar-refractivity contribution in [3.05, 3.63) is 42.3 Å². The van der Waals surface area contributed by atoms with Gasteiger partial charge in [-0.3, -0.25) is 0 Å². The zero-order valence-electron chi connectivity index (χ0n) is 14.4. The third kappa shape index (κ3) is 3.79. The van der Waals surface area contributed by atoms with Crippen LogP contribution in [0.4, 0.5) is 14.9 Å². The first-order valence-corrected chi connectivity index (χ1v) is 8.37. The molecule has 26 heavy (non-hydrogen) atoms. The molecule has 1 N–H and O–H groups in total. The number of rotatable bonds is 5. The monoisotopic (exact) mass is 361 g/mol. The fourth-order valence-corrected chi connectivity index (χ4v) is 2.79. The highest BCUT2D eigenvalue weighted by atomic mass is 19.1. The van der Waals surface area contributed by atoms with E-state index >= 15 is 0 Å². The number of carbonyl (C=O) groups is 1. The van der Waals surface area contributed by atoms with Crippen molar-refractivity contribution in [2.75, 3.05) is 37.7 Å². The molecular formula is C18H20FN3O4. The quantitative estimate of drug-likeness (QED) is 0.881. The van der Waals surface area contributed by atoms with Gasteiger partial charge in [-0.05, 0) is 31.2 Å². The number of benzene rings is 1. The first kappa shape index (κ1) is 17.8. The SMILES string of the molecule is CCOc1cccc(F)c1Oc1ncccc1N1CCN(C(=O)O)CC1. The largest absolute Gasteiger partial charge is 0.490 e. The average molecular weight is 361 g/mol. The van der Waals surface area contributed by atoms with Crippen LogP contribution in [0.5, 0.6) is 17.4 Å². The number of aromatic nitrogens is 1. The van der Waals surface area contributed by atoms with E-state index in [0.29, 0.717) is 44.2 Å². The van der Waals surface area contributed by atoms with Crippen molar-refractivity contribution in [2.45, 2.75) is 6.92 Å². The predicted octanol–water partition coefficient (Wildman–Crippen LogP) is 3.21. The molecule has 1 aromatic heterocycles. The first-order valence-electron chi connectivity index (χ1n) is 8.37. The van der Waals surface area contributed by atoms with Crippen molar-refractivity contribution >= 4 is 11.8 Å². The molecule has 0 unspecified atom stereocenters. The van der Waals surface area contributed by atoms with Gasteiger partial charge in [0.2, 0.25) is 11.6 Å². The second-order valence-corrected chi connectivity index (χ2v) is 5.69. The number of hydrogen-bond donors (Lipinski definition) is 1. The van der Waals surface area contributed by atoms with Crippen LogP contribution >= 0.6 is 0 Å². The van der Waals surface area contributed by atoms with Gasteiger partial charge >= 0.3 is 6.09 Å². The molecule has 2 heterocycles. The highest BCUT2D eigenvalue weighted by Crippen LogP contribution is 2.37. The topological polar surface area (TPSA) is 75.1 Å². The third-order valence-electron chi connectivity index (χ3n) is 4.07. The maximum absolute atomic E-state index is 14.3. The number of pyridine rings is 1. The van der Waals surface area contributed by atoms with Crippen molar-refractivity contribution < 1.29 is 23.8 Å². The summed E-state index contributed by atoms with van der Waals surface area (Å²) in [5.74, 6) is 0.00356. The van der Waals surface area contributed by atoms with Gasteiger partial charge in [0, 0.05) is 32.4 Å². The Kier molecular flexibility index (Phi) is 5.40. The molecule has 3 rings (SSSR count). The van der Waals surface area contributed by atoms with Gasteiger partial charge in [0.25, 0.3) is 0 Å². The summed E-state index contributed by atoms with van der Waals surface area (Å²) < 4.78 is 25.5. The second kappa shape index (κ2) is 7.90. The molecule has 0 bridgehead atoms. The summed E-state index contributed by atoms with van der Waals surface area (Å²) in [7, 11) is 0. The molecule has 7 nitrogen and oxygen atoms in total. The van der Waals surface area contributed by atoms with E-state index in [4.69, 9.17) is 14.6 Å². The maximum atomic E-state index is 14.3. The number of hydrogen-bond acceptors (Lipinski definition) is 5. The van der Waals surface area contributed by atoms with Crippen molar-refractivity contribution in [2.24, 2.45) is 0 Å². The Morgan fingerprint density at radius 3 is 2.69 bits per heavy atom. The van der Waals surface area contributed by atoms with E-state index in [-0.39, 0.29) is 11.6 Å². The van der Waals surface area contributed by atoms with E-state index in [1.54, 1.807) is 24.4 Å². The van der Waals surface area contributed by atoms with E-state index in [2.05, 4.69) is 4.98 Å². The van der Waals surface area contributed by atoms with Gasteiger partial charge in [0.1, 0.15) is 5.69 Å². The van der Waals surface area contributed by atoms with E-state index in [0.717, 1.165) is 0 Å². The third-order valence-corrected chi connectivity index (χ3v) is 4.07. The molecule has 1 saturated heterocycles. The van der Waals surface area contributed by atoms with E-state index in [9.17, 15) is 9.18 Å². The van der Waals surface area contributed by atoms with Crippen LogP contribution in [0, 0.1) is 5.82 Å². The van der Waals surface area contributed by atoms with Crippen molar-refractivity contribution in [3.63, 3.8) is 0 Å². The van der Waals surface area contributed by atoms with Crippen LogP contribution in [-0.2, 0) is 0 Å². The van der Waals surface area contributed by atoms with E-state index < -0.39 is 11.9 Å². The number of anilines is 1. The lowest BCUT2D eigenvalue weighted by Crippen LogP contribution is -2.48. The molecule has 8 heteroatoms. The van der Waals surface area contributed by atoms with Crippen molar-refractivity contribution in [3.8, 4) is 17.4 Å². The summed E-state index contributed by atoms with van der Waals surface area (Å²) in [6.45, 7) is 3.96. The normalized spacial score (nSPS) is 14.2. The van der Waals surface area contributed by atoms with Gasteiger partial charge < -0.3 is 24.4 Å². The zero-order chi connectivity index (χ0) is 18.5. The van der Waals surface area contributed by atoms with Gasteiger partial charge in [0.15, 0.2) is 11.6 Å². The molecule has 1 aromatic carbocycles. The van der Waals surface area contributed by atoms with Crippen LogP contribution in [0.3, 0.4) is 0 Å². The minimum absolute atomic E-state index is 0.0153. The maximum Gasteiger partial charge on any atom is 0.407 e. The molecule has 0 radical (unpaired) electrons. The number of nitrogens with zero attached hydrogens (tertiary/aromatic N) is 3. The molecule has 1 fully saturated rings. The minimum Gasteiger partial charge on any atom is -0.490 e. The van der Waals surface area contributed by atoms with Gasteiger partial charge in [-0.15, -0.1) is 0 Å². The Bertz CT molecular complexity index is 779. The van der Waals surface area contributed by atoms with E-state index in [1.165, 1.54) is 11.0 Å². The van der Waals surface area contributed by atoms with Crippen LogP contribution in [0.2, 0.25) is 0 Å². The molecule has 1 aliphatic heterocycles. The molecule has 0 spiro atoms. The Hall–Kier alpha value is -3.03. The van der Waals surface area contributed by atoms with Gasteiger partial charge in [0.05, 0.1) is 6.61 Å². The Morgan fingerprint density at radius 2 is 2.00 bits per heavy atom. The molecule has 0 aliphatic carbocycles. The number of piperazine rings is 1. The standard InChI is InChI=1S/C18H20FN3O4/c1-2-25-15-7-3-5-13(19)16(15)26-17-14(6-4-8-20-17)21-9-11-22(12-10-21)18(23)24/h3-8H,2,9-12H2,1H3,(H,23,24). The van der Waals surface area contributed by atoms with Crippen LogP contribution in [0.1, 0.15) is 6.92 Å². The molecule has 138 valence electrons. The molecular weight excluding hydrogens is 341 g/mol. The van der Waals surface area contributed by atoms with Crippen LogP contribution in [0.25, 0.3) is 0 Å². The highest BCUT2D eigenvalue weighted by Gasteiger charge is 2.24. The average Bonchev–Trinajstić information content (AvgIpc) is 2.65. The minimum atomic E-state index is -0.931. The summed E-state index contributed by atoms with van der Waals surface area (Å²) >= 11 is 0. The summed E-state index contributed by atoms with van der Waals surface area (Å²) in [4.78, 5) is 18.6. The molecule has 0 atom stereocenters. The number of halogens is 1. The predicted molar refractivity (Wildman–Crippen MR) is 93.7 cm³/mol. The smallest absolute Gasteiger partial charge is 0.407 e. The Labute approximate surface area is 150 Å². The number of amides is 1. The number of para-hydroxylation sites is 1. The second-order valence-electron chi connectivity index (χ2n) is 5.69. The summed E-state index contributed by atoms with van der Waals surface area (Å²) in [6.07, 6.45) is 0.632. The fourth-order valence-electron chi connectivity index (χ4n) is 2.79. The Balaban J connectivity index is 1.84. The van der Waals surface area contributed by atoms with Crippen molar-refractivity contribution in [1.82, 2.24) is 9.88 Å². The van der Waals surface area contributed by atoms with Gasteiger partial charge in [-0.2, -0.15) is 0 Å². The molecule has 2 aromatic rings. The van der Waals surface area contributed by atoms with Gasteiger partial charge in [-0.25, -0.2) is 14.2 Å². The Morgan fingerprint density at radius 1 is 1.23 bits per heavy atom. The van der Waals surface area contributed by atoms with Crippen LogP contribution in [-0.4, -0.2) is 53.9 Å². The number of ether oxygens (including phenoxy) is 2. The zero-order valence-corrected chi connectivity index (χ0v) is 14.4. The van der Waals surface area contributed by atoms with Crippen LogP contribution in [0.15, 0.2) is 36.5 Å². The molecule has 1 aliphatic rings. The van der Waals surface area contributed by atoms with E-state index in [1.807, 2.05) is 17.9 Å². The lowest BCUT2D eigenvalue weighted by atomic mass is 10.2. The molecule has 1 amide bonds. The summed E-state index contributed by atoms with van der Waals surface area (Å²) in [6, 6.07) is 8.07. The summed E-state index contributed by atoms with van der Waals surface area (Å²) in [5, 5.41) is 9.07. The molecule has 0 saturated carbocycles. The first-order chi connectivity index (χ1) is 12.6. The van der Waals surface area contributed by atoms with Crippen LogP contribution < -0.4 is 14.4 Å². The lowest BCUT2D eigenvalue weighted by molar-refractivity contribution is 0.142. The highest BCUT2D eigenvalue weighted by molar-refractivity contribution is 5.66. The number of carboxylic acid groups (broad SMARTS) is 1. The van der Waals surface area contributed by atoms with Crippen molar-refractivity contribution in [1.29, 1.82) is 0 Å². The van der Waals surface area contributed by atoms with Gasteiger partial charge in [-0.1, -0.05) is 6.07 Å².